The second-order valence-corrected chi connectivity index (χ2v) is 6.49. The lowest BCUT2D eigenvalue weighted by atomic mass is 10.1. The number of aliphatic imine (C=N–C) groups is 1. The zero-order valence-corrected chi connectivity index (χ0v) is 16.5. The van der Waals surface area contributed by atoms with Gasteiger partial charge in [-0.15, -0.1) is 0 Å². The average molecular weight is 378 g/mol. The molecule has 0 unspecified atom stereocenters. The van der Waals surface area contributed by atoms with Gasteiger partial charge in [0.05, 0.1) is 6.54 Å². The topological polar surface area (TPSA) is 78.7 Å². The Labute approximate surface area is 165 Å². The highest BCUT2D eigenvalue weighted by molar-refractivity contribution is 5.94. The number of amides is 1. The van der Waals surface area contributed by atoms with Crippen molar-refractivity contribution in [2.45, 2.75) is 26.9 Å². The van der Waals surface area contributed by atoms with Gasteiger partial charge in [0.25, 0.3) is 5.91 Å². The number of rotatable bonds is 6. The Hall–Kier alpha value is -3.28. The Morgan fingerprint density at radius 2 is 1.82 bits per heavy atom. The number of guanidine groups is 1. The highest BCUT2D eigenvalue weighted by atomic mass is 16.3. The third-order valence-electron chi connectivity index (χ3n) is 4.57. The Morgan fingerprint density at radius 1 is 1.04 bits per heavy atom. The minimum atomic E-state index is -0.0628. The lowest BCUT2D eigenvalue weighted by Crippen LogP contribution is -2.36. The molecule has 3 N–H and O–H groups in total. The number of carbonyl (C=O) groups excluding carboxylic acids is 1. The summed E-state index contributed by atoms with van der Waals surface area (Å²) in [5, 5.41) is 10.5. The zero-order chi connectivity index (χ0) is 19.9. The molecule has 28 heavy (non-hydrogen) atoms. The number of fused-ring (bicyclic) bond motifs is 1. The predicted octanol–water partition coefficient (Wildman–Crippen LogP) is 3.36. The van der Waals surface area contributed by atoms with Gasteiger partial charge in [0.1, 0.15) is 11.3 Å². The van der Waals surface area contributed by atoms with Crippen LogP contribution in [0.1, 0.15) is 34.2 Å². The lowest BCUT2D eigenvalue weighted by Gasteiger charge is -2.12. The molecule has 1 aromatic heterocycles. The number of nitrogens with one attached hydrogen (secondary N) is 3. The molecular formula is C22H26N4O2. The fourth-order valence-electron chi connectivity index (χ4n) is 3.05. The Kier molecular flexibility index (Phi) is 6.32. The molecule has 0 spiro atoms. The first-order chi connectivity index (χ1) is 13.6. The molecule has 0 fully saturated rings. The molecule has 2 aromatic carbocycles. The second kappa shape index (κ2) is 9.08. The Bertz CT molecular complexity index is 991. The number of nitrogens with zero attached hydrogens (tertiary/aromatic N) is 1. The summed E-state index contributed by atoms with van der Waals surface area (Å²) in [6.07, 6.45) is 0. The molecule has 146 valence electrons. The Balaban J connectivity index is 1.60. The van der Waals surface area contributed by atoms with Crippen molar-refractivity contribution in [3.05, 3.63) is 71.0 Å². The molecule has 3 aromatic rings. The maximum atomic E-state index is 12.0. The van der Waals surface area contributed by atoms with Crippen molar-refractivity contribution in [1.29, 1.82) is 0 Å². The van der Waals surface area contributed by atoms with Crippen LogP contribution in [0.25, 0.3) is 11.0 Å². The molecule has 0 saturated carbocycles. The van der Waals surface area contributed by atoms with Crippen LogP contribution < -0.4 is 16.0 Å². The molecule has 6 heteroatoms. The fourth-order valence-corrected chi connectivity index (χ4v) is 3.05. The molecule has 6 nitrogen and oxygen atoms in total. The van der Waals surface area contributed by atoms with Gasteiger partial charge in [-0.1, -0.05) is 30.3 Å². The van der Waals surface area contributed by atoms with Crippen LogP contribution in [0.5, 0.6) is 0 Å². The van der Waals surface area contributed by atoms with E-state index >= 15 is 0 Å². The quantitative estimate of drug-likeness (QED) is 0.454. The highest BCUT2D eigenvalue weighted by Crippen LogP contribution is 2.24. The van der Waals surface area contributed by atoms with Gasteiger partial charge in [-0.25, -0.2) is 0 Å². The van der Waals surface area contributed by atoms with E-state index < -0.39 is 0 Å². The van der Waals surface area contributed by atoms with E-state index in [2.05, 4.69) is 33.9 Å². The third-order valence-corrected chi connectivity index (χ3v) is 4.57. The van der Waals surface area contributed by atoms with Crippen LogP contribution in [-0.2, 0) is 13.1 Å². The summed E-state index contributed by atoms with van der Waals surface area (Å²) in [6, 6.07) is 15.6. The first-order valence-corrected chi connectivity index (χ1v) is 9.41. The third kappa shape index (κ3) is 4.52. The summed E-state index contributed by atoms with van der Waals surface area (Å²) in [6.45, 7) is 5.68. The van der Waals surface area contributed by atoms with Crippen molar-refractivity contribution in [2.75, 3.05) is 13.6 Å². The molecule has 0 radical (unpaired) electrons. The second-order valence-electron chi connectivity index (χ2n) is 6.49. The van der Waals surface area contributed by atoms with Crippen LogP contribution in [0.4, 0.5) is 0 Å². The molecule has 0 aliphatic heterocycles. The van der Waals surface area contributed by atoms with Crippen LogP contribution >= 0.6 is 0 Å². The number of hydrogen-bond acceptors (Lipinski definition) is 3. The van der Waals surface area contributed by atoms with Gasteiger partial charge in [-0.3, -0.25) is 9.79 Å². The van der Waals surface area contributed by atoms with E-state index in [1.165, 1.54) is 0 Å². The van der Waals surface area contributed by atoms with E-state index in [0.717, 1.165) is 27.9 Å². The molecule has 1 amide bonds. The van der Waals surface area contributed by atoms with Crippen molar-refractivity contribution in [2.24, 2.45) is 4.99 Å². The van der Waals surface area contributed by atoms with Gasteiger partial charge in [0.15, 0.2) is 5.96 Å². The normalized spacial score (nSPS) is 11.5. The fraction of sp³-hybridized carbons (Fsp3) is 0.273. The summed E-state index contributed by atoms with van der Waals surface area (Å²) in [5.74, 6) is 1.50. The molecule has 1 heterocycles. The van der Waals surface area contributed by atoms with E-state index in [0.29, 0.717) is 31.2 Å². The Morgan fingerprint density at radius 3 is 2.57 bits per heavy atom. The van der Waals surface area contributed by atoms with Crippen molar-refractivity contribution < 1.29 is 9.21 Å². The van der Waals surface area contributed by atoms with Gasteiger partial charge < -0.3 is 20.4 Å². The smallest absolute Gasteiger partial charge is 0.251 e. The van der Waals surface area contributed by atoms with Crippen molar-refractivity contribution in [3.63, 3.8) is 0 Å². The summed E-state index contributed by atoms with van der Waals surface area (Å²) < 4.78 is 5.93. The average Bonchev–Trinajstić information content (AvgIpc) is 3.04. The van der Waals surface area contributed by atoms with Crippen LogP contribution in [0.2, 0.25) is 0 Å². The summed E-state index contributed by atoms with van der Waals surface area (Å²) in [5.41, 5.74) is 3.68. The van der Waals surface area contributed by atoms with E-state index in [9.17, 15) is 4.79 Å². The summed E-state index contributed by atoms with van der Waals surface area (Å²) in [7, 11) is 1.73. The summed E-state index contributed by atoms with van der Waals surface area (Å²) in [4.78, 5) is 16.2. The number of para-hydroxylation sites is 1. The molecule has 0 saturated heterocycles. The molecule has 0 atom stereocenters. The largest absolute Gasteiger partial charge is 0.459 e. The van der Waals surface area contributed by atoms with Gasteiger partial charge in [-0.05, 0) is 37.6 Å². The minimum Gasteiger partial charge on any atom is -0.459 e. The molecule has 0 aliphatic rings. The van der Waals surface area contributed by atoms with Crippen LogP contribution in [0, 0.1) is 6.92 Å². The molecule has 3 rings (SSSR count). The number of aryl methyl sites for hydroxylation is 1. The molecule has 0 aliphatic carbocycles. The standard InChI is InChI=1S/C22H26N4O2/c1-4-24-21(27)17-9-7-8-16(12-17)13-25-22(23-3)26-14-20-15(2)18-10-5-6-11-19(18)28-20/h5-12H,4,13-14H2,1-3H3,(H,24,27)(H2,23,25,26). The van der Waals surface area contributed by atoms with Crippen LogP contribution in [0.3, 0.4) is 0 Å². The van der Waals surface area contributed by atoms with Gasteiger partial charge >= 0.3 is 0 Å². The molecular weight excluding hydrogens is 352 g/mol. The number of benzene rings is 2. The molecule has 0 bridgehead atoms. The van der Waals surface area contributed by atoms with Crippen LogP contribution in [-0.4, -0.2) is 25.5 Å². The maximum absolute atomic E-state index is 12.0. The van der Waals surface area contributed by atoms with Gasteiger partial charge in [0, 0.05) is 36.7 Å². The summed E-state index contributed by atoms with van der Waals surface area (Å²) >= 11 is 0. The van der Waals surface area contributed by atoms with Crippen molar-refractivity contribution in [3.8, 4) is 0 Å². The van der Waals surface area contributed by atoms with E-state index in [1.54, 1.807) is 7.05 Å². The lowest BCUT2D eigenvalue weighted by molar-refractivity contribution is 0.0955. The number of carbonyl (C=O) groups is 1. The van der Waals surface area contributed by atoms with Crippen LogP contribution in [0.15, 0.2) is 57.9 Å². The minimum absolute atomic E-state index is 0.0628. The first-order valence-electron chi connectivity index (χ1n) is 9.41. The predicted molar refractivity (Wildman–Crippen MR) is 112 cm³/mol. The first kappa shape index (κ1) is 19.5. The monoisotopic (exact) mass is 378 g/mol. The number of hydrogen-bond donors (Lipinski definition) is 3. The SMILES string of the molecule is CCNC(=O)c1cccc(CNC(=NC)NCc2oc3ccccc3c2C)c1. The van der Waals surface area contributed by atoms with E-state index in [-0.39, 0.29) is 5.91 Å². The van der Waals surface area contributed by atoms with E-state index in [4.69, 9.17) is 4.42 Å². The van der Waals surface area contributed by atoms with Gasteiger partial charge in [0.2, 0.25) is 0 Å². The maximum Gasteiger partial charge on any atom is 0.251 e. The van der Waals surface area contributed by atoms with Gasteiger partial charge in [-0.2, -0.15) is 0 Å². The zero-order valence-electron chi connectivity index (χ0n) is 16.5. The van der Waals surface area contributed by atoms with Crippen molar-refractivity contribution >= 4 is 22.8 Å². The number of furan rings is 1. The van der Waals surface area contributed by atoms with E-state index in [1.807, 2.05) is 49.4 Å². The van der Waals surface area contributed by atoms with Crippen molar-refractivity contribution in [1.82, 2.24) is 16.0 Å². The highest BCUT2D eigenvalue weighted by Gasteiger charge is 2.10.